The molecule has 8 aromatic heterocycles. The van der Waals surface area contributed by atoms with Gasteiger partial charge in [-0.15, -0.1) is 0 Å². The van der Waals surface area contributed by atoms with Crippen LogP contribution in [-0.2, 0) is 0 Å². The van der Waals surface area contributed by atoms with Crippen LogP contribution in [0.2, 0.25) is 0 Å². The van der Waals surface area contributed by atoms with Crippen molar-refractivity contribution in [2.45, 2.75) is 55.4 Å². The van der Waals surface area contributed by atoms with E-state index in [1.807, 2.05) is 0 Å². The first-order valence-corrected chi connectivity index (χ1v) is 47.2. The van der Waals surface area contributed by atoms with Gasteiger partial charge in [0.1, 0.15) is 0 Å². The zero-order valence-corrected chi connectivity index (χ0v) is 77.1. The summed E-state index contributed by atoms with van der Waals surface area (Å²) in [5, 5.41) is 20.6. The Morgan fingerprint density at radius 3 is 0.551 bits per heavy atom. The average Bonchev–Trinajstić information content (AvgIpc) is 1.55. The molecule has 0 fully saturated rings. The fourth-order valence-electron chi connectivity index (χ4n) is 21.7. The third-order valence-corrected chi connectivity index (χ3v) is 28.2. The number of rotatable bonds is 8. The predicted octanol–water partition coefficient (Wildman–Crippen LogP) is 34.0. The van der Waals surface area contributed by atoms with E-state index in [0.717, 1.165) is 0 Å². The van der Waals surface area contributed by atoms with E-state index in [2.05, 4.69) is 529 Å². The van der Waals surface area contributed by atoms with Crippen molar-refractivity contribution in [1.82, 2.24) is 36.5 Å². The summed E-state index contributed by atoms with van der Waals surface area (Å²) in [4.78, 5) is 0. The minimum Gasteiger partial charge on any atom is -0.309 e. The maximum absolute atomic E-state index is 2.44. The number of para-hydroxylation sites is 8. The van der Waals surface area contributed by atoms with Gasteiger partial charge in [-0.25, -0.2) is 0 Å². The van der Waals surface area contributed by atoms with E-state index in [4.69, 9.17) is 0 Å². The molecule has 8 nitrogen and oxygen atoms in total. The second-order valence-corrected chi connectivity index (χ2v) is 37.0. The van der Waals surface area contributed by atoms with Crippen LogP contribution in [0.3, 0.4) is 0 Å². The van der Waals surface area contributed by atoms with Gasteiger partial charge in [-0.1, -0.05) is 293 Å². The number of nitrogens with zero attached hydrogens (tertiary/aromatic N) is 8. The van der Waals surface area contributed by atoms with Gasteiger partial charge in [0.2, 0.25) is 0 Å². The van der Waals surface area contributed by atoms with E-state index < -0.39 is 0 Å². The molecule has 0 saturated carbocycles. The van der Waals surface area contributed by atoms with Gasteiger partial charge in [0, 0.05) is 132 Å². The molecule has 20 aromatic carbocycles. The lowest BCUT2D eigenvalue weighted by molar-refractivity contribution is 1.16. The first-order chi connectivity index (χ1) is 66.8. The largest absolute Gasteiger partial charge is 0.309 e. The average molecular weight is 1750 g/mol. The van der Waals surface area contributed by atoms with Crippen molar-refractivity contribution in [1.29, 1.82) is 0 Å². The molecule has 0 unspecified atom stereocenters. The minimum absolute atomic E-state index is 1.19. The van der Waals surface area contributed by atoms with Crippen LogP contribution in [0.15, 0.2) is 437 Å². The topological polar surface area (TPSA) is 39.4 Å². The third kappa shape index (κ3) is 13.2. The number of fused-ring (bicyclic) bond motifs is 26. The van der Waals surface area contributed by atoms with Crippen molar-refractivity contribution in [2.24, 2.45) is 0 Å². The summed E-state index contributed by atoms with van der Waals surface area (Å²) in [7, 11) is 0. The molecule has 0 aliphatic carbocycles. The molecule has 0 amide bonds. The fraction of sp³-hybridized carbons (Fsp3) is 0.0625. The van der Waals surface area contributed by atoms with Gasteiger partial charge in [0.05, 0.1) is 88.3 Å². The van der Waals surface area contributed by atoms with Crippen molar-refractivity contribution in [3.63, 3.8) is 0 Å². The van der Waals surface area contributed by atoms with Gasteiger partial charge in [0.15, 0.2) is 0 Å². The van der Waals surface area contributed by atoms with E-state index in [1.54, 1.807) is 0 Å². The highest BCUT2D eigenvalue weighted by atomic mass is 15.0. The number of hydrogen-bond donors (Lipinski definition) is 0. The first kappa shape index (κ1) is 80.8. The van der Waals surface area contributed by atoms with E-state index >= 15 is 0 Å². The van der Waals surface area contributed by atoms with Gasteiger partial charge in [-0.2, -0.15) is 0 Å². The van der Waals surface area contributed by atoms with Crippen LogP contribution >= 0.6 is 0 Å². The van der Waals surface area contributed by atoms with Crippen molar-refractivity contribution in [3.8, 4) is 45.5 Å². The Labute approximate surface area is 787 Å². The lowest BCUT2D eigenvalue weighted by atomic mass is 10.1. The molecular formula is C128H96N8. The molecule has 0 radical (unpaired) electrons. The van der Waals surface area contributed by atoms with Crippen LogP contribution < -0.4 is 0 Å². The number of aromatic nitrogens is 8. The van der Waals surface area contributed by atoms with Crippen LogP contribution in [0, 0.1) is 55.4 Å². The first-order valence-electron chi connectivity index (χ1n) is 47.2. The number of benzene rings is 20. The van der Waals surface area contributed by atoms with Crippen LogP contribution in [0.4, 0.5) is 0 Å². The fourth-order valence-corrected chi connectivity index (χ4v) is 21.7. The van der Waals surface area contributed by atoms with Crippen LogP contribution in [0.25, 0.3) is 220 Å². The lowest BCUT2D eigenvalue weighted by Crippen LogP contribution is -1.96. The molecule has 8 heteroatoms. The quantitative estimate of drug-likeness (QED) is 0.145. The van der Waals surface area contributed by atoms with E-state index in [0.29, 0.717) is 0 Å². The lowest BCUT2D eigenvalue weighted by Gasteiger charge is -2.10. The molecule has 8 heterocycles. The second-order valence-electron chi connectivity index (χ2n) is 37.0. The van der Waals surface area contributed by atoms with Crippen LogP contribution in [0.5, 0.6) is 0 Å². The molecule has 0 saturated heterocycles. The maximum Gasteiger partial charge on any atom is 0.0641 e. The van der Waals surface area contributed by atoms with Crippen molar-refractivity contribution in [3.05, 3.63) is 481 Å². The number of aryl methyl sites for hydroxylation is 8. The molecule has 136 heavy (non-hydrogen) atoms. The smallest absolute Gasteiger partial charge is 0.0641 e. The Kier molecular flexibility index (Phi) is 19.2. The zero-order chi connectivity index (χ0) is 91.2. The summed E-state index contributed by atoms with van der Waals surface area (Å²) in [6.07, 6.45) is 0. The van der Waals surface area contributed by atoms with E-state index in [9.17, 15) is 0 Å². The molecule has 648 valence electrons. The van der Waals surface area contributed by atoms with Crippen molar-refractivity contribution in [2.75, 3.05) is 0 Å². The van der Waals surface area contributed by atoms with E-state index in [1.165, 1.54) is 264 Å². The summed E-state index contributed by atoms with van der Waals surface area (Å²) in [6.45, 7) is 17.1. The van der Waals surface area contributed by atoms with Gasteiger partial charge in [0.25, 0.3) is 0 Å². The minimum atomic E-state index is 1.19. The zero-order valence-electron chi connectivity index (χ0n) is 77.1. The Balaban J connectivity index is 0.0000000965. The summed E-state index contributed by atoms with van der Waals surface area (Å²) in [6, 6.07) is 160. The van der Waals surface area contributed by atoms with Gasteiger partial charge in [-0.3, -0.25) is 0 Å². The van der Waals surface area contributed by atoms with Crippen molar-refractivity contribution < 1.29 is 0 Å². The highest BCUT2D eigenvalue weighted by Crippen LogP contribution is 2.48. The highest BCUT2D eigenvalue weighted by Gasteiger charge is 2.26. The van der Waals surface area contributed by atoms with Gasteiger partial charge < -0.3 is 36.5 Å². The summed E-state index contributed by atoms with van der Waals surface area (Å²) < 4.78 is 19.3. The standard InChI is InChI=1S/4C32H24N2/c1-21-11-15-23(16-12-21)33-29-9-5-3-7-25(29)27-20-32-28(19-31(27)33)26-8-4-6-10-30(26)34(32)24-17-13-22(2)14-18-24;1-21-11-15-23(16-12-21)33-29-9-5-3-7-25(29)27-19-28-26-8-4-6-10-30(26)34(32(28)20-31(27)33)24-17-13-22(2)14-18-24;1-21-11-15-23(16-12-21)33-29-10-6-4-8-27(29)31-30(33)20-19-26-25-7-3-5-9-28(25)34(32(26)31)24-17-13-22(2)14-18-24;1-21-11-15-23(16-12-21)33-27-9-5-3-7-25(27)31-29(33)19-20-30-32(31)26-8-4-6-10-28(26)34(30)24-17-13-22(2)14-18-24/h4*3-20H,1-2H3. The third-order valence-electron chi connectivity index (χ3n) is 28.2. The van der Waals surface area contributed by atoms with Gasteiger partial charge >= 0.3 is 0 Å². The molecule has 0 atom stereocenters. The summed E-state index contributed by atoms with van der Waals surface area (Å²) in [5.41, 5.74) is 39.5. The molecule has 28 aromatic rings. The Morgan fingerprint density at radius 2 is 0.287 bits per heavy atom. The van der Waals surface area contributed by atoms with Crippen LogP contribution in [-0.4, -0.2) is 36.5 Å². The molecular weight excluding hydrogens is 1650 g/mol. The Hall–Kier alpha value is -17.2. The molecule has 0 spiro atoms. The van der Waals surface area contributed by atoms with Crippen LogP contribution in [0.1, 0.15) is 44.5 Å². The predicted molar refractivity (Wildman–Crippen MR) is 578 cm³/mol. The highest BCUT2D eigenvalue weighted by molar-refractivity contribution is 6.30. The molecule has 0 aliphatic heterocycles. The second kappa shape index (κ2) is 32.4. The molecule has 28 rings (SSSR count). The van der Waals surface area contributed by atoms with Gasteiger partial charge in [-0.05, 0) is 243 Å². The molecule has 0 N–H and O–H groups in total. The SMILES string of the molecule is Cc1ccc(-n2c3ccccc3c3c2ccc2c4ccccc4n(-c4ccc(C)cc4)c23)cc1.Cc1ccc(-n2c3ccccc3c3c4c5ccccc5n(-c5ccc(C)cc5)c4ccc32)cc1.Cc1ccc(-n2c3ccccc3c3cc4c(cc32)c2ccccc2n4-c2ccc(C)cc2)cc1.Cc1ccc(-n2c3ccccc3c3cc4c5ccccc5n(-c5ccc(C)cc5)c4cc32)cc1. The molecule has 0 aliphatic rings. The molecule has 0 bridgehead atoms. The normalized spacial score (nSPS) is 11.8. The number of hydrogen-bond acceptors (Lipinski definition) is 0. The summed E-state index contributed by atoms with van der Waals surface area (Å²) >= 11 is 0. The maximum atomic E-state index is 2.44. The summed E-state index contributed by atoms with van der Waals surface area (Å²) in [5.74, 6) is 0. The Bertz CT molecular complexity index is 9010. The van der Waals surface area contributed by atoms with E-state index in [-0.39, 0.29) is 0 Å². The monoisotopic (exact) mass is 1740 g/mol. The van der Waals surface area contributed by atoms with Crippen molar-refractivity contribution >= 4 is 174 Å². The Morgan fingerprint density at radius 1 is 0.110 bits per heavy atom.